The zero-order chi connectivity index (χ0) is 15.6. The summed E-state index contributed by atoms with van der Waals surface area (Å²) >= 11 is 8.97. The van der Waals surface area contributed by atoms with Gasteiger partial charge in [-0.25, -0.2) is 0 Å². The number of ether oxygens (including phenoxy) is 1. The molecule has 0 aliphatic rings. The van der Waals surface area contributed by atoms with Gasteiger partial charge in [0.25, 0.3) is 0 Å². The maximum Gasteiger partial charge on any atom is 0.404 e. The van der Waals surface area contributed by atoms with Crippen molar-refractivity contribution in [1.82, 2.24) is 9.78 Å². The first-order valence-electron chi connectivity index (χ1n) is 5.66. The van der Waals surface area contributed by atoms with Crippen LogP contribution in [0.4, 0.5) is 5.82 Å². The van der Waals surface area contributed by atoms with Gasteiger partial charge in [0.1, 0.15) is 16.8 Å². The van der Waals surface area contributed by atoms with Gasteiger partial charge >= 0.3 is 5.82 Å². The second-order valence-corrected chi connectivity index (χ2v) is 5.29. The summed E-state index contributed by atoms with van der Waals surface area (Å²) in [5.74, 6) is -0.147. The van der Waals surface area contributed by atoms with Gasteiger partial charge in [-0.1, -0.05) is 11.6 Å². The molecule has 2 aromatic rings. The lowest BCUT2D eigenvalue weighted by atomic mass is 10.1. The molecule has 0 amide bonds. The topological polar surface area (TPSA) is 87.3 Å². The van der Waals surface area contributed by atoms with Gasteiger partial charge in [0.05, 0.1) is 23.4 Å². The number of nitrogens with zero attached hydrogens (tertiary/aromatic N) is 3. The van der Waals surface area contributed by atoms with Crippen molar-refractivity contribution in [3.05, 3.63) is 49.6 Å². The molecular weight excluding hydrogens is 366 g/mol. The third-order valence-electron chi connectivity index (χ3n) is 2.65. The van der Waals surface area contributed by atoms with E-state index in [4.69, 9.17) is 16.3 Å². The third kappa shape index (κ3) is 3.40. The van der Waals surface area contributed by atoms with E-state index in [9.17, 15) is 14.9 Å². The van der Waals surface area contributed by atoms with Gasteiger partial charge in [-0.3, -0.25) is 4.79 Å². The Kier molecular flexibility index (Phi) is 4.59. The number of carbonyl (C=O) groups is 1. The average Bonchev–Trinajstić information content (AvgIpc) is 2.79. The fourth-order valence-electron chi connectivity index (χ4n) is 1.67. The number of nitro groups is 1. The summed E-state index contributed by atoms with van der Waals surface area (Å²) in [6.07, 6.45) is 1.38. The number of hydrogen-bond acceptors (Lipinski definition) is 5. The van der Waals surface area contributed by atoms with Gasteiger partial charge in [-0.15, -0.1) is 0 Å². The largest absolute Gasteiger partial charge is 0.495 e. The Bertz CT molecular complexity index is 717. The number of benzene rings is 1. The molecule has 0 saturated heterocycles. The molecule has 1 aromatic heterocycles. The number of halogens is 2. The summed E-state index contributed by atoms with van der Waals surface area (Å²) < 4.78 is 6.41. The van der Waals surface area contributed by atoms with Crippen LogP contribution < -0.4 is 4.74 Å². The number of carbonyl (C=O) groups excluding carboxylic acids is 1. The van der Waals surface area contributed by atoms with Crippen LogP contribution in [0, 0.1) is 10.1 Å². The Morgan fingerprint density at radius 2 is 2.29 bits per heavy atom. The first-order chi connectivity index (χ1) is 9.92. The summed E-state index contributed by atoms with van der Waals surface area (Å²) in [6, 6.07) is 4.63. The maximum absolute atomic E-state index is 12.1. The molecule has 0 aliphatic carbocycles. The summed E-state index contributed by atoms with van der Waals surface area (Å²) in [5, 5.41) is 14.7. The Morgan fingerprint density at radius 3 is 2.81 bits per heavy atom. The number of hydrogen-bond donors (Lipinski definition) is 0. The summed E-state index contributed by atoms with van der Waals surface area (Å²) in [4.78, 5) is 22.2. The van der Waals surface area contributed by atoms with E-state index in [2.05, 4.69) is 21.0 Å². The summed E-state index contributed by atoms with van der Waals surface area (Å²) in [7, 11) is 1.48. The molecule has 0 bridgehead atoms. The molecule has 7 nitrogen and oxygen atoms in total. The molecule has 1 heterocycles. The molecule has 0 unspecified atom stereocenters. The number of methoxy groups -OCH3 is 1. The highest BCUT2D eigenvalue weighted by molar-refractivity contribution is 9.10. The number of rotatable bonds is 5. The zero-order valence-electron chi connectivity index (χ0n) is 10.7. The first kappa shape index (κ1) is 15.5. The van der Waals surface area contributed by atoms with Crippen LogP contribution in [0.2, 0.25) is 5.02 Å². The van der Waals surface area contributed by atoms with Gasteiger partial charge in [0.15, 0.2) is 5.78 Å². The standard InChI is InChI=1S/C12H9BrClN3O4/c1-21-11-3-2-7(4-9(11)14)10(18)6-16-5-8(13)12(15-16)17(19)20/h2-5H,6H2,1H3. The molecule has 9 heteroatoms. The maximum atomic E-state index is 12.1. The molecule has 1 aromatic carbocycles. The van der Waals surface area contributed by atoms with Crippen molar-refractivity contribution in [1.29, 1.82) is 0 Å². The second kappa shape index (κ2) is 6.23. The molecule has 0 aliphatic heterocycles. The van der Waals surface area contributed by atoms with Crippen molar-refractivity contribution in [2.45, 2.75) is 6.54 Å². The van der Waals surface area contributed by atoms with Gasteiger partial charge < -0.3 is 14.9 Å². The Morgan fingerprint density at radius 1 is 1.57 bits per heavy atom. The highest BCUT2D eigenvalue weighted by atomic mass is 79.9. The van der Waals surface area contributed by atoms with E-state index in [0.717, 1.165) is 0 Å². The molecule has 0 spiro atoms. The SMILES string of the molecule is COc1ccc(C(=O)Cn2cc(Br)c([N+](=O)[O-])n2)cc1Cl. The Labute approximate surface area is 132 Å². The van der Waals surface area contributed by atoms with Gasteiger partial charge in [0, 0.05) is 5.56 Å². The van der Waals surface area contributed by atoms with E-state index in [-0.39, 0.29) is 22.6 Å². The van der Waals surface area contributed by atoms with Crippen molar-refractivity contribution in [3.63, 3.8) is 0 Å². The van der Waals surface area contributed by atoms with Crippen LogP contribution in [0.25, 0.3) is 0 Å². The molecule has 0 fully saturated rings. The van der Waals surface area contributed by atoms with Crippen molar-refractivity contribution in [2.24, 2.45) is 0 Å². The van der Waals surface area contributed by atoms with Crippen molar-refractivity contribution >= 4 is 39.1 Å². The normalized spacial score (nSPS) is 10.4. The Balaban J connectivity index is 2.20. The average molecular weight is 375 g/mol. The minimum absolute atomic E-state index is 0.130. The van der Waals surface area contributed by atoms with E-state index in [1.165, 1.54) is 24.1 Å². The number of aromatic nitrogens is 2. The monoisotopic (exact) mass is 373 g/mol. The van der Waals surface area contributed by atoms with E-state index >= 15 is 0 Å². The summed E-state index contributed by atoms with van der Waals surface area (Å²) in [5.41, 5.74) is 0.370. The predicted octanol–water partition coefficient (Wildman–Crippen LogP) is 3.10. The lowest BCUT2D eigenvalue weighted by molar-refractivity contribution is -0.390. The van der Waals surface area contributed by atoms with Gasteiger partial charge in [0.2, 0.25) is 0 Å². The lowest BCUT2D eigenvalue weighted by Crippen LogP contribution is -2.11. The van der Waals surface area contributed by atoms with E-state index in [1.807, 2.05) is 0 Å². The fraction of sp³-hybridized carbons (Fsp3) is 0.167. The zero-order valence-corrected chi connectivity index (χ0v) is 13.1. The quantitative estimate of drug-likeness (QED) is 0.456. The molecule has 0 saturated carbocycles. The van der Waals surface area contributed by atoms with E-state index < -0.39 is 4.92 Å². The third-order valence-corrected chi connectivity index (χ3v) is 3.51. The highest BCUT2D eigenvalue weighted by Crippen LogP contribution is 2.26. The van der Waals surface area contributed by atoms with Crippen LogP contribution >= 0.6 is 27.5 Å². The van der Waals surface area contributed by atoms with Crippen molar-refractivity contribution in [3.8, 4) is 5.75 Å². The van der Waals surface area contributed by atoms with Crippen LogP contribution in [0.3, 0.4) is 0 Å². The fourth-order valence-corrected chi connectivity index (χ4v) is 2.39. The first-order valence-corrected chi connectivity index (χ1v) is 6.83. The van der Waals surface area contributed by atoms with E-state index in [0.29, 0.717) is 16.3 Å². The molecule has 0 atom stereocenters. The van der Waals surface area contributed by atoms with Gasteiger partial charge in [-0.2, -0.15) is 4.68 Å². The molecule has 21 heavy (non-hydrogen) atoms. The minimum atomic E-state index is -0.630. The van der Waals surface area contributed by atoms with Crippen LogP contribution in [0.1, 0.15) is 10.4 Å². The molecule has 0 radical (unpaired) electrons. The predicted molar refractivity (Wildman–Crippen MR) is 78.9 cm³/mol. The summed E-state index contributed by atoms with van der Waals surface area (Å²) in [6.45, 7) is -0.130. The van der Waals surface area contributed by atoms with Crippen LogP contribution in [-0.2, 0) is 6.54 Å². The second-order valence-electron chi connectivity index (χ2n) is 4.03. The van der Waals surface area contributed by atoms with E-state index in [1.54, 1.807) is 12.1 Å². The molecule has 110 valence electrons. The van der Waals surface area contributed by atoms with Crippen molar-refractivity contribution < 1.29 is 14.5 Å². The number of Topliss-reactive ketones (excluding diaryl/α,β-unsaturated/α-hetero) is 1. The van der Waals surface area contributed by atoms with Crippen LogP contribution in [-0.4, -0.2) is 27.6 Å². The lowest BCUT2D eigenvalue weighted by Gasteiger charge is -2.04. The molecule has 2 rings (SSSR count). The molecule has 0 N–H and O–H groups in total. The Hall–Kier alpha value is -1.93. The van der Waals surface area contributed by atoms with Crippen molar-refractivity contribution in [2.75, 3.05) is 7.11 Å². The smallest absolute Gasteiger partial charge is 0.404 e. The number of ketones is 1. The van der Waals surface area contributed by atoms with Gasteiger partial charge in [-0.05, 0) is 39.1 Å². The van der Waals surface area contributed by atoms with Crippen LogP contribution in [0.5, 0.6) is 5.75 Å². The molecular formula is C12H9BrClN3O4. The minimum Gasteiger partial charge on any atom is -0.495 e. The highest BCUT2D eigenvalue weighted by Gasteiger charge is 2.20. The van der Waals surface area contributed by atoms with Crippen LogP contribution in [0.15, 0.2) is 28.9 Å².